The monoisotopic (exact) mass is 468 g/mol. The van der Waals surface area contributed by atoms with E-state index in [9.17, 15) is 15.0 Å². The van der Waals surface area contributed by atoms with Crippen LogP contribution in [-0.4, -0.2) is 37.5 Å². The molecule has 0 unspecified atom stereocenters. The molecule has 3 aromatic carbocycles. The Kier molecular flexibility index (Phi) is 6.17. The number of aromatic nitrogens is 2. The summed E-state index contributed by atoms with van der Waals surface area (Å²) in [4.78, 5) is 23.4. The lowest BCUT2D eigenvalue weighted by Crippen LogP contribution is -2.36. The summed E-state index contributed by atoms with van der Waals surface area (Å²) in [7, 11) is 0. The fourth-order valence-electron chi connectivity index (χ4n) is 4.20. The summed E-state index contributed by atoms with van der Waals surface area (Å²) >= 11 is 0. The quantitative estimate of drug-likeness (QED) is 0.385. The Bertz CT molecular complexity index is 1350. The number of rotatable bonds is 6. The lowest BCUT2D eigenvalue weighted by atomic mass is 9.97. The molecule has 4 aromatic rings. The molecule has 0 aliphatic carbocycles. The van der Waals surface area contributed by atoms with E-state index in [-0.39, 0.29) is 35.3 Å². The molecule has 0 fully saturated rings. The molecule has 8 nitrogen and oxygen atoms in total. The van der Waals surface area contributed by atoms with E-state index in [0.717, 1.165) is 34.1 Å². The molecule has 0 spiro atoms. The Hall–Kier alpha value is -4.59. The fraction of sp³-hybridized carbons (Fsp3) is 0.148. The lowest BCUT2D eigenvalue weighted by molar-refractivity contribution is 0.0727. The number of amides is 1. The van der Waals surface area contributed by atoms with E-state index in [4.69, 9.17) is 4.74 Å². The van der Waals surface area contributed by atoms with Crippen LogP contribution in [-0.2, 0) is 19.6 Å². The number of hydrogen-bond acceptors (Lipinski definition) is 7. The molecule has 1 aromatic heterocycles. The number of nitrogens with zero attached hydrogens (tertiary/aromatic N) is 3. The van der Waals surface area contributed by atoms with Gasteiger partial charge in [-0.3, -0.25) is 4.79 Å². The van der Waals surface area contributed by atoms with Crippen molar-refractivity contribution in [2.24, 2.45) is 0 Å². The highest BCUT2D eigenvalue weighted by Crippen LogP contribution is 2.36. The van der Waals surface area contributed by atoms with E-state index in [0.29, 0.717) is 19.5 Å². The van der Waals surface area contributed by atoms with Gasteiger partial charge < -0.3 is 25.2 Å². The van der Waals surface area contributed by atoms with Crippen LogP contribution in [0.3, 0.4) is 0 Å². The van der Waals surface area contributed by atoms with Gasteiger partial charge in [0, 0.05) is 30.9 Å². The number of nitrogens with one attached hydrogen (secondary N) is 1. The van der Waals surface area contributed by atoms with Crippen molar-refractivity contribution in [1.82, 2.24) is 14.9 Å². The SMILES string of the molecule is O=C(c1c(O)cc(O)cc1OCc1ccccc1)N1CCc2cccc(Nc3cncnc3)c2C1. The molecule has 1 amide bonds. The molecule has 0 bridgehead atoms. The summed E-state index contributed by atoms with van der Waals surface area (Å²) in [6, 6.07) is 18.0. The second-order valence-electron chi connectivity index (χ2n) is 8.28. The van der Waals surface area contributed by atoms with Crippen LogP contribution in [0.5, 0.6) is 17.2 Å². The number of carbonyl (C=O) groups excluding carboxylic acids is 1. The Balaban J connectivity index is 1.41. The van der Waals surface area contributed by atoms with Gasteiger partial charge in [-0.1, -0.05) is 42.5 Å². The van der Waals surface area contributed by atoms with Gasteiger partial charge in [0.1, 0.15) is 35.7 Å². The molecule has 2 heterocycles. The largest absolute Gasteiger partial charge is 0.508 e. The zero-order valence-electron chi connectivity index (χ0n) is 18.9. The van der Waals surface area contributed by atoms with Gasteiger partial charge in [0.05, 0.1) is 18.1 Å². The van der Waals surface area contributed by atoms with Crippen LogP contribution in [0.25, 0.3) is 0 Å². The van der Waals surface area contributed by atoms with Gasteiger partial charge in [-0.15, -0.1) is 0 Å². The van der Waals surface area contributed by atoms with Crippen molar-refractivity contribution in [2.45, 2.75) is 19.6 Å². The number of carbonyl (C=O) groups is 1. The van der Waals surface area contributed by atoms with Gasteiger partial charge >= 0.3 is 0 Å². The van der Waals surface area contributed by atoms with E-state index < -0.39 is 0 Å². The van der Waals surface area contributed by atoms with Gasteiger partial charge in [0.15, 0.2) is 0 Å². The molecule has 8 heteroatoms. The van der Waals surface area contributed by atoms with Crippen LogP contribution in [0, 0.1) is 0 Å². The van der Waals surface area contributed by atoms with Crippen LogP contribution in [0.4, 0.5) is 11.4 Å². The van der Waals surface area contributed by atoms with E-state index in [1.807, 2.05) is 42.5 Å². The van der Waals surface area contributed by atoms with Crippen LogP contribution < -0.4 is 10.1 Å². The molecule has 35 heavy (non-hydrogen) atoms. The first-order valence-electron chi connectivity index (χ1n) is 11.2. The van der Waals surface area contributed by atoms with Gasteiger partial charge in [0.2, 0.25) is 0 Å². The molecule has 5 rings (SSSR count). The third kappa shape index (κ3) is 4.86. The molecule has 176 valence electrons. The minimum Gasteiger partial charge on any atom is -0.508 e. The Morgan fingerprint density at radius 3 is 2.63 bits per heavy atom. The Morgan fingerprint density at radius 1 is 1.03 bits per heavy atom. The first-order chi connectivity index (χ1) is 17.1. The Labute approximate surface area is 202 Å². The number of aromatic hydroxyl groups is 2. The van der Waals surface area contributed by atoms with Gasteiger partial charge in [-0.25, -0.2) is 9.97 Å². The number of benzene rings is 3. The van der Waals surface area contributed by atoms with E-state index in [2.05, 4.69) is 21.4 Å². The molecule has 0 radical (unpaired) electrons. The standard InChI is InChI=1S/C27H24N4O4/c32-21-11-24(33)26(25(12-21)35-16-18-5-2-1-3-6-18)27(34)31-10-9-19-7-4-8-23(22(19)15-31)30-20-13-28-17-29-14-20/h1-8,11-14,17,30,32-33H,9-10,15-16H2. The summed E-state index contributed by atoms with van der Waals surface area (Å²) < 4.78 is 5.88. The molecule has 3 N–H and O–H groups in total. The number of phenolic OH excluding ortho intramolecular Hbond substituents is 2. The molecular weight excluding hydrogens is 444 g/mol. The topological polar surface area (TPSA) is 108 Å². The lowest BCUT2D eigenvalue weighted by Gasteiger charge is -2.31. The van der Waals surface area contributed by atoms with Crippen LogP contribution in [0.15, 0.2) is 79.4 Å². The van der Waals surface area contributed by atoms with Crippen molar-refractivity contribution in [3.63, 3.8) is 0 Å². The van der Waals surface area contributed by atoms with Gasteiger partial charge in [-0.05, 0) is 29.2 Å². The highest BCUT2D eigenvalue weighted by atomic mass is 16.5. The maximum atomic E-state index is 13.6. The second kappa shape index (κ2) is 9.72. The van der Waals surface area contributed by atoms with Crippen LogP contribution in [0.1, 0.15) is 27.0 Å². The maximum Gasteiger partial charge on any atom is 0.261 e. The van der Waals surface area contributed by atoms with E-state index in [1.54, 1.807) is 17.3 Å². The third-order valence-electron chi connectivity index (χ3n) is 5.92. The van der Waals surface area contributed by atoms with E-state index >= 15 is 0 Å². The molecule has 0 saturated heterocycles. The minimum absolute atomic E-state index is 0.0316. The predicted octanol–water partition coefficient (Wildman–Crippen LogP) is 4.41. The van der Waals surface area contributed by atoms with Crippen molar-refractivity contribution < 1.29 is 19.7 Å². The van der Waals surface area contributed by atoms with Crippen LogP contribution >= 0.6 is 0 Å². The van der Waals surface area contributed by atoms with Crippen molar-refractivity contribution in [2.75, 3.05) is 11.9 Å². The minimum atomic E-state index is -0.367. The number of hydrogen-bond donors (Lipinski definition) is 3. The summed E-state index contributed by atoms with van der Waals surface area (Å²) in [5.74, 6) is -0.733. The third-order valence-corrected chi connectivity index (χ3v) is 5.92. The number of ether oxygens (including phenoxy) is 1. The Morgan fingerprint density at radius 2 is 1.83 bits per heavy atom. The first-order valence-corrected chi connectivity index (χ1v) is 11.2. The zero-order valence-corrected chi connectivity index (χ0v) is 18.9. The van der Waals surface area contributed by atoms with Gasteiger partial charge in [0.25, 0.3) is 5.91 Å². The smallest absolute Gasteiger partial charge is 0.261 e. The summed E-state index contributed by atoms with van der Waals surface area (Å²) in [5.41, 5.74) is 4.68. The summed E-state index contributed by atoms with van der Waals surface area (Å²) in [6.45, 7) is 1.03. The van der Waals surface area contributed by atoms with Gasteiger partial charge in [-0.2, -0.15) is 0 Å². The van der Waals surface area contributed by atoms with Crippen molar-refractivity contribution in [3.8, 4) is 17.2 Å². The van der Waals surface area contributed by atoms with E-state index in [1.165, 1.54) is 12.4 Å². The predicted molar refractivity (Wildman–Crippen MR) is 131 cm³/mol. The molecule has 0 saturated carbocycles. The fourth-order valence-corrected chi connectivity index (χ4v) is 4.20. The maximum absolute atomic E-state index is 13.6. The number of fused-ring (bicyclic) bond motifs is 1. The summed E-state index contributed by atoms with van der Waals surface area (Å²) in [5, 5.41) is 24.0. The van der Waals surface area contributed by atoms with Crippen molar-refractivity contribution in [3.05, 3.63) is 102 Å². The summed E-state index contributed by atoms with van der Waals surface area (Å²) in [6.07, 6.45) is 5.50. The first kappa shape index (κ1) is 22.2. The normalized spacial score (nSPS) is 12.6. The van der Waals surface area contributed by atoms with Crippen molar-refractivity contribution >= 4 is 17.3 Å². The highest BCUT2D eigenvalue weighted by Gasteiger charge is 2.28. The highest BCUT2D eigenvalue weighted by molar-refractivity contribution is 6.00. The second-order valence-corrected chi connectivity index (χ2v) is 8.28. The average Bonchev–Trinajstić information content (AvgIpc) is 2.88. The zero-order chi connectivity index (χ0) is 24.2. The average molecular weight is 469 g/mol. The molecule has 1 aliphatic heterocycles. The molecular formula is C27H24N4O4. The molecule has 0 atom stereocenters. The molecule has 1 aliphatic rings. The van der Waals surface area contributed by atoms with Crippen LogP contribution in [0.2, 0.25) is 0 Å². The number of anilines is 2. The van der Waals surface area contributed by atoms with Crippen molar-refractivity contribution in [1.29, 1.82) is 0 Å². The number of phenols is 2.